The van der Waals surface area contributed by atoms with Crippen LogP contribution in [-0.4, -0.2) is 6.54 Å². The zero-order valence-electron chi connectivity index (χ0n) is 8.89. The van der Waals surface area contributed by atoms with Crippen molar-refractivity contribution in [2.24, 2.45) is 0 Å². The number of hydrogen-bond donors (Lipinski definition) is 1. The average molecular weight is 211 g/mol. The summed E-state index contributed by atoms with van der Waals surface area (Å²) in [5, 5.41) is 3.28. The quantitative estimate of drug-likeness (QED) is 0.791. The van der Waals surface area contributed by atoms with Crippen molar-refractivity contribution in [2.45, 2.75) is 6.04 Å². The van der Waals surface area contributed by atoms with E-state index in [1.54, 1.807) is 0 Å². The lowest BCUT2D eigenvalue weighted by atomic mass is 10.1. The number of hydrogen-bond acceptors (Lipinski definition) is 2. The van der Waals surface area contributed by atoms with E-state index in [4.69, 9.17) is 4.74 Å². The molecule has 0 aliphatic carbocycles. The molecule has 0 aromatic heterocycles. The van der Waals surface area contributed by atoms with E-state index in [0.29, 0.717) is 6.04 Å². The van der Waals surface area contributed by atoms with E-state index < -0.39 is 0 Å². The molecule has 1 aliphatic rings. The second-order valence-corrected chi connectivity index (χ2v) is 3.94. The predicted octanol–water partition coefficient (Wildman–Crippen LogP) is 3.12. The standard InChI is InChI=1S/C14H13NO/c1-2-4-12(5-3-1)16-13-8-6-11(7-9-13)14-10-15-14/h1-9,14-15H,10H2. The number of nitrogens with one attached hydrogen (secondary N) is 1. The minimum Gasteiger partial charge on any atom is -0.457 e. The van der Waals surface area contributed by atoms with Crippen molar-refractivity contribution in [3.05, 3.63) is 60.2 Å². The van der Waals surface area contributed by atoms with Crippen LogP contribution in [0.1, 0.15) is 11.6 Å². The Labute approximate surface area is 94.9 Å². The fraction of sp³-hybridized carbons (Fsp3) is 0.143. The smallest absolute Gasteiger partial charge is 0.127 e. The SMILES string of the molecule is c1ccc(Oc2ccc(C3CN3)cc2)cc1. The third kappa shape index (κ3) is 2.07. The van der Waals surface area contributed by atoms with E-state index in [-0.39, 0.29) is 0 Å². The van der Waals surface area contributed by atoms with Crippen molar-refractivity contribution in [3.63, 3.8) is 0 Å². The molecule has 1 aliphatic heterocycles. The summed E-state index contributed by atoms with van der Waals surface area (Å²) in [7, 11) is 0. The van der Waals surface area contributed by atoms with Crippen LogP contribution in [0.15, 0.2) is 54.6 Å². The van der Waals surface area contributed by atoms with Crippen molar-refractivity contribution in [1.82, 2.24) is 5.32 Å². The zero-order chi connectivity index (χ0) is 10.8. The number of rotatable bonds is 3. The summed E-state index contributed by atoms with van der Waals surface area (Å²) in [5.41, 5.74) is 1.33. The molecule has 0 spiro atoms. The van der Waals surface area contributed by atoms with Gasteiger partial charge >= 0.3 is 0 Å². The van der Waals surface area contributed by atoms with Gasteiger partial charge in [0.05, 0.1) is 0 Å². The highest BCUT2D eigenvalue weighted by atomic mass is 16.5. The maximum atomic E-state index is 5.71. The highest BCUT2D eigenvalue weighted by Gasteiger charge is 2.21. The molecule has 1 saturated heterocycles. The largest absolute Gasteiger partial charge is 0.457 e. The lowest BCUT2D eigenvalue weighted by Crippen LogP contribution is -1.86. The Morgan fingerprint density at radius 1 is 0.875 bits per heavy atom. The van der Waals surface area contributed by atoms with Crippen LogP contribution in [-0.2, 0) is 0 Å². The van der Waals surface area contributed by atoms with Gasteiger partial charge in [-0.2, -0.15) is 0 Å². The topological polar surface area (TPSA) is 31.2 Å². The summed E-state index contributed by atoms with van der Waals surface area (Å²) in [6, 6.07) is 18.7. The van der Waals surface area contributed by atoms with Gasteiger partial charge in [0.2, 0.25) is 0 Å². The van der Waals surface area contributed by atoms with E-state index in [1.165, 1.54) is 5.56 Å². The molecular formula is C14H13NO. The second-order valence-electron chi connectivity index (χ2n) is 3.94. The number of para-hydroxylation sites is 1. The predicted molar refractivity (Wildman–Crippen MR) is 63.7 cm³/mol. The molecule has 2 nitrogen and oxygen atoms in total. The maximum absolute atomic E-state index is 5.71. The minimum atomic E-state index is 0.561. The summed E-state index contributed by atoms with van der Waals surface area (Å²) >= 11 is 0. The van der Waals surface area contributed by atoms with Gasteiger partial charge in [0.15, 0.2) is 0 Å². The van der Waals surface area contributed by atoms with Crippen LogP contribution in [0.3, 0.4) is 0 Å². The van der Waals surface area contributed by atoms with Gasteiger partial charge in [-0.1, -0.05) is 30.3 Å². The Kier molecular flexibility index (Phi) is 2.35. The van der Waals surface area contributed by atoms with E-state index in [2.05, 4.69) is 17.4 Å². The molecule has 16 heavy (non-hydrogen) atoms. The van der Waals surface area contributed by atoms with Gasteiger partial charge in [-0.05, 0) is 29.8 Å². The molecule has 2 heteroatoms. The van der Waals surface area contributed by atoms with Gasteiger partial charge in [-0.3, -0.25) is 0 Å². The third-order valence-corrected chi connectivity index (χ3v) is 2.67. The normalized spacial score (nSPS) is 18.1. The first-order valence-corrected chi connectivity index (χ1v) is 5.48. The first-order chi connectivity index (χ1) is 7.92. The Morgan fingerprint density at radius 2 is 1.50 bits per heavy atom. The molecule has 0 amide bonds. The van der Waals surface area contributed by atoms with Crippen molar-refractivity contribution >= 4 is 0 Å². The van der Waals surface area contributed by atoms with Gasteiger partial charge in [-0.15, -0.1) is 0 Å². The Balaban J connectivity index is 1.75. The molecule has 0 radical (unpaired) electrons. The van der Waals surface area contributed by atoms with Gasteiger partial charge in [0.1, 0.15) is 11.5 Å². The molecule has 1 fully saturated rings. The van der Waals surface area contributed by atoms with Crippen molar-refractivity contribution < 1.29 is 4.74 Å². The summed E-state index contributed by atoms with van der Waals surface area (Å²) < 4.78 is 5.71. The van der Waals surface area contributed by atoms with Crippen molar-refractivity contribution in [3.8, 4) is 11.5 Å². The van der Waals surface area contributed by atoms with Gasteiger partial charge in [-0.25, -0.2) is 0 Å². The summed E-state index contributed by atoms with van der Waals surface area (Å²) in [4.78, 5) is 0. The van der Waals surface area contributed by atoms with E-state index in [0.717, 1.165) is 18.0 Å². The number of ether oxygens (including phenoxy) is 1. The molecule has 1 heterocycles. The minimum absolute atomic E-state index is 0.561. The molecule has 1 unspecified atom stereocenters. The van der Waals surface area contributed by atoms with Crippen LogP contribution >= 0.6 is 0 Å². The maximum Gasteiger partial charge on any atom is 0.127 e. The van der Waals surface area contributed by atoms with E-state index in [1.807, 2.05) is 42.5 Å². The summed E-state index contributed by atoms with van der Waals surface area (Å²) in [6.07, 6.45) is 0. The van der Waals surface area contributed by atoms with Crippen LogP contribution in [0.5, 0.6) is 11.5 Å². The van der Waals surface area contributed by atoms with Crippen LogP contribution < -0.4 is 10.1 Å². The van der Waals surface area contributed by atoms with Crippen LogP contribution in [0.2, 0.25) is 0 Å². The average Bonchev–Trinajstić information content (AvgIpc) is 3.15. The van der Waals surface area contributed by atoms with Gasteiger partial charge < -0.3 is 10.1 Å². The van der Waals surface area contributed by atoms with Crippen LogP contribution in [0, 0.1) is 0 Å². The Morgan fingerprint density at radius 3 is 2.12 bits per heavy atom. The molecule has 2 aromatic rings. The van der Waals surface area contributed by atoms with Crippen molar-refractivity contribution in [2.75, 3.05) is 6.54 Å². The van der Waals surface area contributed by atoms with Crippen LogP contribution in [0.25, 0.3) is 0 Å². The lowest BCUT2D eigenvalue weighted by Gasteiger charge is -2.05. The molecular weight excluding hydrogens is 198 g/mol. The Hall–Kier alpha value is -1.80. The molecule has 3 rings (SSSR count). The third-order valence-electron chi connectivity index (χ3n) is 2.67. The fourth-order valence-electron chi connectivity index (χ4n) is 1.69. The molecule has 1 atom stereocenters. The second kappa shape index (κ2) is 3.99. The molecule has 2 aromatic carbocycles. The monoisotopic (exact) mass is 211 g/mol. The molecule has 80 valence electrons. The van der Waals surface area contributed by atoms with E-state index >= 15 is 0 Å². The van der Waals surface area contributed by atoms with Gasteiger partial charge in [0, 0.05) is 12.6 Å². The summed E-state index contributed by atoms with van der Waals surface area (Å²) in [5.74, 6) is 1.76. The lowest BCUT2D eigenvalue weighted by molar-refractivity contribution is 0.482. The number of benzene rings is 2. The van der Waals surface area contributed by atoms with E-state index in [9.17, 15) is 0 Å². The molecule has 0 bridgehead atoms. The molecule has 0 saturated carbocycles. The van der Waals surface area contributed by atoms with Crippen LogP contribution in [0.4, 0.5) is 0 Å². The summed E-state index contributed by atoms with van der Waals surface area (Å²) in [6.45, 7) is 1.10. The van der Waals surface area contributed by atoms with Crippen molar-refractivity contribution in [1.29, 1.82) is 0 Å². The Bertz CT molecular complexity index is 460. The van der Waals surface area contributed by atoms with Gasteiger partial charge in [0.25, 0.3) is 0 Å². The zero-order valence-corrected chi connectivity index (χ0v) is 8.89. The first kappa shape index (κ1) is 9.43. The highest BCUT2D eigenvalue weighted by Crippen LogP contribution is 2.26. The first-order valence-electron chi connectivity index (χ1n) is 5.48. The highest BCUT2D eigenvalue weighted by molar-refractivity contribution is 5.35. The fourth-order valence-corrected chi connectivity index (χ4v) is 1.69. The molecule has 1 N–H and O–H groups in total.